The molecule has 0 amide bonds. The largest absolute Gasteiger partial charge is 0.466 e. The van der Waals surface area contributed by atoms with E-state index in [1.54, 1.807) is 20.0 Å². The number of thioether (sulfide) groups is 1. The van der Waals surface area contributed by atoms with Crippen molar-refractivity contribution in [1.82, 2.24) is 15.0 Å². The molecule has 1 atom stereocenters. The number of hydrogen-bond acceptors (Lipinski definition) is 5. The Hall–Kier alpha value is -4.62. The number of aromatic nitrogens is 3. The number of nitrogens with one attached hydrogen (secondary N) is 2. The van der Waals surface area contributed by atoms with E-state index in [0.717, 1.165) is 10.9 Å². The molecule has 42 heavy (non-hydrogen) atoms. The molecule has 0 spiro atoms. The number of hydrogen-bond donors (Lipinski definition) is 2. The molecule has 5 aromatic rings. The van der Waals surface area contributed by atoms with E-state index >= 15 is 8.78 Å². The van der Waals surface area contributed by atoms with Crippen LogP contribution in [0.2, 0.25) is 0 Å². The summed E-state index contributed by atoms with van der Waals surface area (Å²) in [5.41, 5.74) is 1.67. The molecule has 0 radical (unpaired) electrons. The van der Waals surface area contributed by atoms with Crippen molar-refractivity contribution < 1.29 is 23.0 Å². The Morgan fingerprint density at radius 1 is 1.14 bits per heavy atom. The summed E-state index contributed by atoms with van der Waals surface area (Å²) in [6, 6.07) is 14.8. The highest BCUT2D eigenvalue weighted by Gasteiger charge is 2.38. The third kappa shape index (κ3) is 5.60. The number of aryl methyl sites for hydroxylation is 1. The van der Waals surface area contributed by atoms with E-state index in [4.69, 9.17) is 16.0 Å². The van der Waals surface area contributed by atoms with Gasteiger partial charge in [0.25, 0.3) is 5.54 Å². The van der Waals surface area contributed by atoms with Crippen LogP contribution >= 0.6 is 11.8 Å². The first-order chi connectivity index (χ1) is 20.3. The summed E-state index contributed by atoms with van der Waals surface area (Å²) < 4.78 is 41.1. The van der Waals surface area contributed by atoms with Crippen molar-refractivity contribution in [1.29, 1.82) is 0 Å². The third-order valence-electron chi connectivity index (χ3n) is 7.07. The summed E-state index contributed by atoms with van der Waals surface area (Å²) in [5, 5.41) is 0.820. The number of rotatable bonds is 10. The van der Waals surface area contributed by atoms with E-state index in [1.165, 1.54) is 42.2 Å². The number of carbonyl (C=O) groups is 1. The lowest BCUT2D eigenvalue weighted by molar-refractivity contribution is -0.143. The van der Waals surface area contributed by atoms with Crippen molar-refractivity contribution >= 4 is 28.6 Å². The maximum absolute atomic E-state index is 15.1. The van der Waals surface area contributed by atoms with Gasteiger partial charge in [-0.25, -0.2) is 20.3 Å². The zero-order valence-corrected chi connectivity index (χ0v) is 24.1. The zero-order chi connectivity index (χ0) is 29.9. The first-order valence-corrected chi connectivity index (χ1v) is 14.5. The Balaban J connectivity index is 1.44. The van der Waals surface area contributed by atoms with Crippen molar-refractivity contribution in [3.05, 3.63) is 107 Å². The van der Waals surface area contributed by atoms with Gasteiger partial charge in [-0.1, -0.05) is 18.2 Å². The molecule has 0 aliphatic rings. The second-order valence-corrected chi connectivity index (χ2v) is 10.6. The van der Waals surface area contributed by atoms with Gasteiger partial charge in [-0.15, -0.1) is 11.8 Å². The third-order valence-corrected chi connectivity index (χ3v) is 7.88. The summed E-state index contributed by atoms with van der Waals surface area (Å²) >= 11 is 1.35. The number of carbonyl (C=O) groups excluding carboxylic acids is 1. The number of benzene rings is 3. The quantitative estimate of drug-likeness (QED) is 0.0983. The molecule has 214 valence electrons. The summed E-state index contributed by atoms with van der Waals surface area (Å²) in [4.78, 5) is 26.8. The van der Waals surface area contributed by atoms with Crippen molar-refractivity contribution in [2.24, 2.45) is 0 Å². The van der Waals surface area contributed by atoms with Gasteiger partial charge in [0, 0.05) is 42.1 Å². The predicted molar refractivity (Wildman–Crippen MR) is 159 cm³/mol. The lowest BCUT2D eigenvalue weighted by Gasteiger charge is -2.17. The number of fused-ring (bicyclic) bond motifs is 1. The Morgan fingerprint density at radius 3 is 2.74 bits per heavy atom. The fourth-order valence-electron chi connectivity index (χ4n) is 4.78. The standard InChI is InChI=1S/C32H28F2N4O3S/c1-5-40-28(39)12-9-19-7-6-8-20(15-19)32(2,35-3)27-18-37-31(38-27)23-16-21(10-11-24(23)33)41-29-25(34)17-26-22(13-14-36-26)30(29)42-4/h6-8,10-11,13-18,36H,5,9,12H2,1-2,4H3,(H,37,38). The van der Waals surface area contributed by atoms with Crippen LogP contribution in [-0.2, 0) is 21.5 Å². The molecule has 0 saturated carbocycles. The fraction of sp³-hybridized carbons (Fsp3) is 0.219. The first-order valence-electron chi connectivity index (χ1n) is 13.3. The molecule has 0 fully saturated rings. The maximum Gasteiger partial charge on any atom is 0.306 e. The smallest absolute Gasteiger partial charge is 0.306 e. The molecule has 10 heteroatoms. The van der Waals surface area contributed by atoms with Crippen LogP contribution < -0.4 is 4.74 Å². The second-order valence-electron chi connectivity index (χ2n) is 9.74. The molecular weight excluding hydrogens is 558 g/mol. The Bertz CT molecular complexity index is 1810. The molecular formula is C32H28F2N4O3S. The molecule has 1 unspecified atom stereocenters. The number of esters is 1. The van der Waals surface area contributed by atoms with Crippen LogP contribution in [0.5, 0.6) is 11.5 Å². The van der Waals surface area contributed by atoms with E-state index in [-0.39, 0.29) is 35.3 Å². The average molecular weight is 587 g/mol. The summed E-state index contributed by atoms with van der Waals surface area (Å²) in [7, 11) is 0. The van der Waals surface area contributed by atoms with E-state index in [2.05, 4.69) is 19.8 Å². The highest BCUT2D eigenvalue weighted by atomic mass is 32.2. The van der Waals surface area contributed by atoms with E-state index in [9.17, 15) is 4.79 Å². The summed E-state index contributed by atoms with van der Waals surface area (Å²) in [6.45, 7) is 11.9. The Kier molecular flexibility index (Phi) is 8.31. The van der Waals surface area contributed by atoms with Crippen molar-refractivity contribution in [3.63, 3.8) is 0 Å². The topological polar surface area (TPSA) is 84.4 Å². The molecule has 2 N–H and O–H groups in total. The number of ether oxygens (including phenoxy) is 2. The van der Waals surface area contributed by atoms with Crippen LogP contribution in [0.1, 0.15) is 37.1 Å². The van der Waals surface area contributed by atoms with Gasteiger partial charge < -0.3 is 19.4 Å². The van der Waals surface area contributed by atoms with Crippen LogP contribution in [0, 0.1) is 18.2 Å². The molecule has 0 bridgehead atoms. The highest BCUT2D eigenvalue weighted by molar-refractivity contribution is 7.99. The van der Waals surface area contributed by atoms with Gasteiger partial charge >= 0.3 is 5.97 Å². The van der Waals surface area contributed by atoms with Gasteiger partial charge in [-0.05, 0) is 55.5 Å². The summed E-state index contributed by atoms with van der Waals surface area (Å²) in [6.07, 6.45) is 5.78. The minimum absolute atomic E-state index is 0.0516. The van der Waals surface area contributed by atoms with Crippen LogP contribution in [0.25, 0.3) is 27.1 Å². The molecule has 0 aliphatic carbocycles. The SMILES string of the molecule is [C-]#[N+]C(C)(c1cccc(CCC(=O)OCC)c1)c1cnc(-c2cc(Oc3c(F)cc4[nH]ccc4c3SC)ccc2F)[nH]1. The minimum atomic E-state index is -1.15. The van der Waals surface area contributed by atoms with Crippen LogP contribution in [0.4, 0.5) is 8.78 Å². The molecule has 0 aliphatic heterocycles. The van der Waals surface area contributed by atoms with Gasteiger partial charge in [0.1, 0.15) is 23.1 Å². The van der Waals surface area contributed by atoms with Crippen LogP contribution in [0.3, 0.4) is 0 Å². The number of aromatic amines is 2. The van der Waals surface area contributed by atoms with E-state index < -0.39 is 17.2 Å². The van der Waals surface area contributed by atoms with Gasteiger partial charge in [-0.2, -0.15) is 0 Å². The molecule has 2 aromatic heterocycles. The Labute approximate surface area is 246 Å². The van der Waals surface area contributed by atoms with Gasteiger partial charge in [0.2, 0.25) is 0 Å². The van der Waals surface area contributed by atoms with Crippen LogP contribution in [0.15, 0.2) is 71.9 Å². The number of H-pyrrole nitrogens is 2. The molecule has 5 rings (SSSR count). The average Bonchev–Trinajstić information content (AvgIpc) is 3.68. The van der Waals surface area contributed by atoms with Gasteiger partial charge in [0.05, 0.1) is 23.3 Å². The van der Waals surface area contributed by atoms with E-state index in [1.807, 2.05) is 36.6 Å². The van der Waals surface area contributed by atoms with Crippen LogP contribution in [-0.4, -0.2) is 33.8 Å². The monoisotopic (exact) mass is 586 g/mol. The number of imidazole rings is 1. The summed E-state index contributed by atoms with van der Waals surface area (Å²) in [5.74, 6) is -0.891. The molecule has 2 heterocycles. The number of nitrogens with zero attached hydrogens (tertiary/aromatic N) is 2. The second kappa shape index (κ2) is 12.1. The first kappa shape index (κ1) is 28.9. The Morgan fingerprint density at radius 2 is 1.98 bits per heavy atom. The van der Waals surface area contributed by atoms with Crippen molar-refractivity contribution in [2.75, 3.05) is 12.9 Å². The van der Waals surface area contributed by atoms with Gasteiger partial charge in [0.15, 0.2) is 11.6 Å². The van der Waals surface area contributed by atoms with Crippen molar-refractivity contribution in [3.8, 4) is 22.9 Å². The minimum Gasteiger partial charge on any atom is -0.466 e. The molecule has 3 aromatic carbocycles. The highest BCUT2D eigenvalue weighted by Crippen LogP contribution is 2.41. The molecule has 7 nitrogen and oxygen atoms in total. The van der Waals surface area contributed by atoms with Gasteiger partial charge in [-0.3, -0.25) is 9.64 Å². The number of halogens is 2. The lowest BCUT2D eigenvalue weighted by Crippen LogP contribution is -2.19. The maximum atomic E-state index is 15.1. The lowest BCUT2D eigenvalue weighted by atomic mass is 9.88. The predicted octanol–water partition coefficient (Wildman–Crippen LogP) is 8.03. The van der Waals surface area contributed by atoms with Crippen molar-refractivity contribution in [2.45, 2.75) is 37.1 Å². The molecule has 0 saturated heterocycles. The zero-order valence-electron chi connectivity index (χ0n) is 23.3. The normalized spacial score (nSPS) is 12.6. The van der Waals surface area contributed by atoms with E-state index in [0.29, 0.717) is 34.7 Å². The fourth-order valence-corrected chi connectivity index (χ4v) is 5.51.